The van der Waals surface area contributed by atoms with Gasteiger partial charge in [-0.05, 0) is 38.4 Å². The summed E-state index contributed by atoms with van der Waals surface area (Å²) in [4.78, 5) is 2.32. The normalized spacial score (nSPS) is 21.8. The SMILES string of the molecule is CCN(CC(O)COCCOC)CC1CCCNC1. The third-order valence-electron chi connectivity index (χ3n) is 3.57. The molecular weight excluding hydrogens is 244 g/mol. The largest absolute Gasteiger partial charge is 0.389 e. The molecule has 5 nitrogen and oxygen atoms in total. The number of rotatable bonds is 10. The Kier molecular flexibility index (Phi) is 9.38. The van der Waals surface area contributed by atoms with Crippen molar-refractivity contribution in [3.05, 3.63) is 0 Å². The first-order valence-corrected chi connectivity index (χ1v) is 7.44. The Morgan fingerprint density at radius 3 is 2.89 bits per heavy atom. The van der Waals surface area contributed by atoms with E-state index in [-0.39, 0.29) is 0 Å². The molecule has 1 fully saturated rings. The van der Waals surface area contributed by atoms with Gasteiger partial charge in [-0.25, -0.2) is 0 Å². The van der Waals surface area contributed by atoms with Crippen molar-refractivity contribution in [1.82, 2.24) is 10.2 Å². The topological polar surface area (TPSA) is 54.0 Å². The molecular formula is C14H30N2O3. The molecule has 0 aromatic carbocycles. The minimum absolute atomic E-state index is 0.392. The molecule has 2 atom stereocenters. The molecule has 0 radical (unpaired) electrons. The van der Waals surface area contributed by atoms with Crippen LogP contribution in [0, 0.1) is 5.92 Å². The van der Waals surface area contributed by atoms with Gasteiger partial charge < -0.3 is 24.8 Å². The van der Waals surface area contributed by atoms with Crippen LogP contribution in [0.4, 0.5) is 0 Å². The van der Waals surface area contributed by atoms with Crippen LogP contribution >= 0.6 is 0 Å². The zero-order valence-corrected chi connectivity index (χ0v) is 12.4. The lowest BCUT2D eigenvalue weighted by molar-refractivity contribution is -0.00202. The predicted molar refractivity (Wildman–Crippen MR) is 76.4 cm³/mol. The van der Waals surface area contributed by atoms with Crippen molar-refractivity contribution in [2.45, 2.75) is 25.9 Å². The zero-order chi connectivity index (χ0) is 13.9. The molecule has 0 aromatic rings. The lowest BCUT2D eigenvalue weighted by Gasteiger charge is -2.30. The number of piperidine rings is 1. The minimum Gasteiger partial charge on any atom is -0.389 e. The van der Waals surface area contributed by atoms with Crippen LogP contribution < -0.4 is 5.32 Å². The van der Waals surface area contributed by atoms with Crippen molar-refractivity contribution >= 4 is 0 Å². The number of nitrogens with one attached hydrogen (secondary N) is 1. The summed E-state index contributed by atoms with van der Waals surface area (Å²) in [6.45, 7) is 8.67. The van der Waals surface area contributed by atoms with E-state index < -0.39 is 6.10 Å². The average molecular weight is 274 g/mol. The molecule has 2 unspecified atom stereocenters. The van der Waals surface area contributed by atoms with Gasteiger partial charge in [-0.15, -0.1) is 0 Å². The Balaban J connectivity index is 2.15. The van der Waals surface area contributed by atoms with E-state index >= 15 is 0 Å². The molecule has 5 heteroatoms. The highest BCUT2D eigenvalue weighted by Gasteiger charge is 2.18. The lowest BCUT2D eigenvalue weighted by atomic mass is 9.99. The molecule has 0 aliphatic carbocycles. The molecule has 1 heterocycles. The van der Waals surface area contributed by atoms with Crippen LogP contribution in [0.1, 0.15) is 19.8 Å². The number of likely N-dealkylation sites (N-methyl/N-ethyl adjacent to an activating group) is 1. The first kappa shape index (κ1) is 16.9. The Hall–Kier alpha value is -0.200. The molecule has 0 saturated carbocycles. The summed E-state index contributed by atoms with van der Waals surface area (Å²) in [5, 5.41) is 13.4. The van der Waals surface area contributed by atoms with E-state index in [1.165, 1.54) is 12.8 Å². The van der Waals surface area contributed by atoms with Crippen LogP contribution in [0.5, 0.6) is 0 Å². The summed E-state index contributed by atoms with van der Waals surface area (Å²) in [7, 11) is 1.65. The predicted octanol–water partition coefficient (Wildman–Crippen LogP) is 0.332. The maximum atomic E-state index is 9.96. The van der Waals surface area contributed by atoms with Crippen molar-refractivity contribution in [3.8, 4) is 0 Å². The van der Waals surface area contributed by atoms with Crippen molar-refractivity contribution in [2.24, 2.45) is 5.92 Å². The van der Waals surface area contributed by atoms with Gasteiger partial charge in [0.15, 0.2) is 0 Å². The highest BCUT2D eigenvalue weighted by molar-refractivity contribution is 4.74. The van der Waals surface area contributed by atoms with Gasteiger partial charge >= 0.3 is 0 Å². The molecule has 1 aliphatic heterocycles. The highest BCUT2D eigenvalue weighted by Crippen LogP contribution is 2.11. The molecule has 0 amide bonds. The first-order chi connectivity index (χ1) is 9.26. The van der Waals surface area contributed by atoms with Crippen molar-refractivity contribution in [1.29, 1.82) is 0 Å². The van der Waals surface area contributed by atoms with E-state index in [2.05, 4.69) is 17.1 Å². The summed E-state index contributed by atoms with van der Waals surface area (Å²) < 4.78 is 10.3. The molecule has 0 spiro atoms. The van der Waals surface area contributed by atoms with Crippen LogP contribution in [0.3, 0.4) is 0 Å². The summed E-state index contributed by atoms with van der Waals surface area (Å²) in [5.41, 5.74) is 0. The number of ether oxygens (including phenoxy) is 2. The number of methoxy groups -OCH3 is 1. The van der Waals surface area contributed by atoms with Gasteiger partial charge in [0, 0.05) is 20.2 Å². The van der Waals surface area contributed by atoms with E-state index in [0.717, 1.165) is 32.1 Å². The lowest BCUT2D eigenvalue weighted by Crippen LogP contribution is -2.42. The smallest absolute Gasteiger partial charge is 0.0900 e. The minimum atomic E-state index is -0.409. The van der Waals surface area contributed by atoms with E-state index in [1.54, 1.807) is 7.11 Å². The average Bonchev–Trinajstić information content (AvgIpc) is 2.44. The fraction of sp³-hybridized carbons (Fsp3) is 1.00. The molecule has 114 valence electrons. The van der Waals surface area contributed by atoms with Crippen LogP contribution in [0.25, 0.3) is 0 Å². The summed E-state index contributed by atoms with van der Waals surface area (Å²) in [6.07, 6.45) is 2.16. The number of hydrogen-bond donors (Lipinski definition) is 2. The maximum Gasteiger partial charge on any atom is 0.0900 e. The zero-order valence-electron chi connectivity index (χ0n) is 12.4. The first-order valence-electron chi connectivity index (χ1n) is 7.44. The van der Waals surface area contributed by atoms with Crippen molar-refractivity contribution < 1.29 is 14.6 Å². The molecule has 19 heavy (non-hydrogen) atoms. The molecule has 0 aromatic heterocycles. The van der Waals surface area contributed by atoms with Crippen molar-refractivity contribution in [3.63, 3.8) is 0 Å². The Labute approximate surface area is 117 Å². The molecule has 1 aliphatic rings. The number of nitrogens with zero attached hydrogens (tertiary/aromatic N) is 1. The number of hydrogen-bond acceptors (Lipinski definition) is 5. The number of aliphatic hydroxyl groups excluding tert-OH is 1. The van der Waals surface area contributed by atoms with E-state index in [9.17, 15) is 5.11 Å². The standard InChI is InChI=1S/C14H30N2O3/c1-3-16(10-13-5-4-6-15-9-13)11-14(17)12-19-8-7-18-2/h13-15,17H,3-12H2,1-2H3. The Morgan fingerprint density at radius 1 is 1.42 bits per heavy atom. The second-order valence-electron chi connectivity index (χ2n) is 5.29. The van der Waals surface area contributed by atoms with E-state index in [4.69, 9.17) is 9.47 Å². The Bertz CT molecular complexity index is 211. The monoisotopic (exact) mass is 274 g/mol. The maximum absolute atomic E-state index is 9.96. The molecule has 1 rings (SSSR count). The third-order valence-corrected chi connectivity index (χ3v) is 3.57. The second kappa shape index (κ2) is 10.6. The van der Waals surface area contributed by atoms with Gasteiger partial charge in [0.2, 0.25) is 0 Å². The van der Waals surface area contributed by atoms with Crippen molar-refractivity contribution in [2.75, 3.05) is 59.7 Å². The highest BCUT2D eigenvalue weighted by atomic mass is 16.5. The summed E-state index contributed by atoms with van der Waals surface area (Å²) >= 11 is 0. The van der Waals surface area contributed by atoms with Gasteiger partial charge in [0.1, 0.15) is 0 Å². The van der Waals surface area contributed by atoms with Gasteiger partial charge in [-0.1, -0.05) is 6.92 Å². The van der Waals surface area contributed by atoms with Gasteiger partial charge in [0.25, 0.3) is 0 Å². The van der Waals surface area contributed by atoms with Crippen LogP contribution in [0.2, 0.25) is 0 Å². The third kappa shape index (κ3) is 7.84. The number of aliphatic hydroxyl groups is 1. The van der Waals surface area contributed by atoms with E-state index in [1.807, 2.05) is 0 Å². The molecule has 0 bridgehead atoms. The van der Waals surface area contributed by atoms with Crippen LogP contribution in [-0.4, -0.2) is 75.8 Å². The summed E-state index contributed by atoms with van der Waals surface area (Å²) in [5.74, 6) is 0.718. The van der Waals surface area contributed by atoms with Gasteiger partial charge in [-0.3, -0.25) is 0 Å². The molecule has 2 N–H and O–H groups in total. The van der Waals surface area contributed by atoms with Gasteiger partial charge in [0.05, 0.1) is 25.9 Å². The quantitative estimate of drug-likeness (QED) is 0.562. The fourth-order valence-corrected chi connectivity index (χ4v) is 2.49. The molecule has 1 saturated heterocycles. The fourth-order valence-electron chi connectivity index (χ4n) is 2.49. The summed E-state index contributed by atoms with van der Waals surface area (Å²) in [6, 6.07) is 0. The second-order valence-corrected chi connectivity index (χ2v) is 5.29. The van der Waals surface area contributed by atoms with E-state index in [0.29, 0.717) is 26.4 Å². The Morgan fingerprint density at radius 2 is 2.26 bits per heavy atom. The van der Waals surface area contributed by atoms with Gasteiger partial charge in [-0.2, -0.15) is 0 Å². The van der Waals surface area contributed by atoms with Crippen LogP contribution in [0.15, 0.2) is 0 Å². The van der Waals surface area contributed by atoms with Crippen LogP contribution in [-0.2, 0) is 9.47 Å².